The van der Waals surface area contributed by atoms with Gasteiger partial charge in [-0.15, -0.1) is 0 Å². The minimum absolute atomic E-state index is 0.00882. The molecule has 152 valence electrons. The lowest BCUT2D eigenvalue weighted by atomic mass is 10.1. The molecule has 0 saturated heterocycles. The van der Waals surface area contributed by atoms with Gasteiger partial charge in [-0.05, 0) is 12.1 Å². The van der Waals surface area contributed by atoms with Crippen LogP contribution >= 0.6 is 23.2 Å². The first-order valence-electron chi connectivity index (χ1n) is 8.26. The van der Waals surface area contributed by atoms with E-state index in [-0.39, 0.29) is 45.2 Å². The van der Waals surface area contributed by atoms with Gasteiger partial charge in [0.2, 0.25) is 5.88 Å². The van der Waals surface area contributed by atoms with Crippen LogP contribution in [0.3, 0.4) is 0 Å². The molecule has 3 aromatic rings. The predicted molar refractivity (Wildman–Crippen MR) is 106 cm³/mol. The molecule has 3 rings (SSSR count). The van der Waals surface area contributed by atoms with Gasteiger partial charge in [0.05, 0.1) is 22.8 Å². The first-order chi connectivity index (χ1) is 13.7. The van der Waals surface area contributed by atoms with E-state index in [0.29, 0.717) is 0 Å². The predicted octanol–water partition coefficient (Wildman–Crippen LogP) is 1.41. The zero-order valence-electron chi connectivity index (χ0n) is 15.2. The van der Waals surface area contributed by atoms with Crippen molar-refractivity contribution in [2.75, 3.05) is 6.61 Å². The van der Waals surface area contributed by atoms with Crippen molar-refractivity contribution >= 4 is 23.2 Å². The maximum Gasteiger partial charge on any atom is 0.344 e. The van der Waals surface area contributed by atoms with Crippen LogP contribution in [0.1, 0.15) is 18.5 Å². The van der Waals surface area contributed by atoms with E-state index in [2.05, 4.69) is 20.1 Å². The molecule has 10 nitrogen and oxygen atoms in total. The van der Waals surface area contributed by atoms with E-state index < -0.39 is 22.7 Å². The summed E-state index contributed by atoms with van der Waals surface area (Å²) in [7, 11) is 1.38. The van der Waals surface area contributed by atoms with Crippen LogP contribution < -0.4 is 21.5 Å². The fraction of sp³-hybridized carbons (Fsp3) is 0.235. The highest BCUT2D eigenvalue weighted by Gasteiger charge is 2.18. The molecule has 1 unspecified atom stereocenters. The smallest absolute Gasteiger partial charge is 0.344 e. The highest BCUT2D eigenvalue weighted by atomic mass is 35.5. The molecule has 0 saturated carbocycles. The van der Waals surface area contributed by atoms with Gasteiger partial charge < -0.3 is 14.8 Å². The lowest BCUT2D eigenvalue weighted by Gasteiger charge is -2.12. The third-order valence-electron chi connectivity index (χ3n) is 3.99. The summed E-state index contributed by atoms with van der Waals surface area (Å²) in [5.41, 5.74) is -1.50. The van der Waals surface area contributed by atoms with Crippen molar-refractivity contribution in [2.45, 2.75) is 12.8 Å². The van der Waals surface area contributed by atoms with Gasteiger partial charge in [0, 0.05) is 18.5 Å². The molecule has 2 heterocycles. The highest BCUT2D eigenvalue weighted by molar-refractivity contribution is 6.37. The Kier molecular flexibility index (Phi) is 5.87. The second-order valence-corrected chi connectivity index (χ2v) is 6.95. The minimum atomic E-state index is -0.696. The van der Waals surface area contributed by atoms with Crippen LogP contribution in [-0.2, 0) is 7.05 Å². The Hall–Kier alpha value is -2.95. The minimum Gasteiger partial charge on any atom is -0.434 e. The Labute approximate surface area is 172 Å². The number of aromatic nitrogens is 5. The lowest BCUT2D eigenvalue weighted by molar-refractivity contribution is 0.269. The average molecular weight is 440 g/mol. The van der Waals surface area contributed by atoms with Gasteiger partial charge in [-0.2, -0.15) is 5.10 Å². The highest BCUT2D eigenvalue weighted by Crippen LogP contribution is 2.38. The zero-order chi connectivity index (χ0) is 21.3. The van der Waals surface area contributed by atoms with Crippen molar-refractivity contribution < 1.29 is 9.84 Å². The number of nitrogens with one attached hydrogen (secondary N) is 2. The van der Waals surface area contributed by atoms with Crippen LogP contribution in [0, 0.1) is 0 Å². The Morgan fingerprint density at radius 1 is 1.21 bits per heavy atom. The van der Waals surface area contributed by atoms with Crippen LogP contribution in [0.25, 0.3) is 11.3 Å². The molecule has 0 fully saturated rings. The van der Waals surface area contributed by atoms with Crippen LogP contribution in [0.15, 0.2) is 32.7 Å². The van der Waals surface area contributed by atoms with Gasteiger partial charge in [0.1, 0.15) is 5.69 Å². The first kappa shape index (κ1) is 20.8. The largest absolute Gasteiger partial charge is 0.434 e. The van der Waals surface area contributed by atoms with E-state index in [9.17, 15) is 19.5 Å². The molecule has 0 aliphatic heterocycles. The van der Waals surface area contributed by atoms with Gasteiger partial charge in [0.15, 0.2) is 11.4 Å². The van der Waals surface area contributed by atoms with Crippen molar-refractivity contribution in [3.63, 3.8) is 0 Å². The van der Waals surface area contributed by atoms with Crippen molar-refractivity contribution in [1.82, 2.24) is 24.7 Å². The number of H-pyrrole nitrogens is 2. The summed E-state index contributed by atoms with van der Waals surface area (Å²) in [6, 6.07) is 2.79. The van der Waals surface area contributed by atoms with E-state index in [4.69, 9.17) is 27.9 Å². The summed E-state index contributed by atoms with van der Waals surface area (Å²) in [4.78, 5) is 44.0. The second kappa shape index (κ2) is 8.19. The van der Waals surface area contributed by atoms with Crippen LogP contribution in [0.4, 0.5) is 0 Å². The summed E-state index contributed by atoms with van der Waals surface area (Å²) in [6.45, 7) is 1.37. The van der Waals surface area contributed by atoms with E-state index in [0.717, 1.165) is 4.68 Å². The monoisotopic (exact) mass is 439 g/mol. The number of ether oxygens (including phenoxy) is 1. The molecule has 0 spiro atoms. The molecule has 3 N–H and O–H groups in total. The van der Waals surface area contributed by atoms with E-state index in [1.807, 2.05) is 0 Å². The Balaban J connectivity index is 2.02. The molecular weight excluding hydrogens is 425 g/mol. The molecule has 12 heteroatoms. The third-order valence-corrected chi connectivity index (χ3v) is 4.55. The fourth-order valence-corrected chi connectivity index (χ4v) is 3.01. The average Bonchev–Trinajstić information content (AvgIpc) is 2.68. The van der Waals surface area contributed by atoms with Crippen molar-refractivity contribution in [3.05, 3.63) is 65.3 Å². The number of aryl methyl sites for hydroxylation is 1. The van der Waals surface area contributed by atoms with Gasteiger partial charge in [0.25, 0.3) is 11.1 Å². The molecule has 2 aromatic heterocycles. The zero-order valence-corrected chi connectivity index (χ0v) is 16.7. The third kappa shape index (κ3) is 4.24. The molecule has 0 aliphatic carbocycles. The topological polar surface area (TPSA) is 143 Å². The number of aromatic amines is 2. The first-order valence-corrected chi connectivity index (χ1v) is 9.02. The number of benzene rings is 1. The molecule has 0 aliphatic rings. The number of aliphatic hydroxyl groups excluding tert-OH is 1. The summed E-state index contributed by atoms with van der Waals surface area (Å²) < 4.78 is 6.58. The van der Waals surface area contributed by atoms with Crippen LogP contribution in [0.5, 0.6) is 11.6 Å². The Bertz CT molecular complexity index is 1230. The van der Waals surface area contributed by atoms with Crippen molar-refractivity contribution in [3.8, 4) is 22.9 Å². The number of aliphatic hydroxyl groups is 1. The van der Waals surface area contributed by atoms with Crippen molar-refractivity contribution in [1.29, 1.82) is 0 Å². The molecule has 0 bridgehead atoms. The summed E-state index contributed by atoms with van der Waals surface area (Å²) in [5, 5.41) is 13.3. The molecule has 1 atom stereocenters. The molecule has 29 heavy (non-hydrogen) atoms. The molecular formula is C17H15Cl2N5O5. The number of rotatable bonds is 5. The number of hydrogen-bond donors (Lipinski definition) is 3. The Morgan fingerprint density at radius 2 is 1.86 bits per heavy atom. The maximum atomic E-state index is 12.0. The standard InChI is InChI=1S/C17H15Cl2N5O5/c1-7(6-25)12-15(26)20-5-11(21-12)29-14-9(18)3-8(4-10(14)19)13-16(27)22-17(28)24(2)23-13/h3-5,7,25H,6H2,1-2H3,(H,20,26)(H,22,27,28). The SMILES string of the molecule is CC(CO)c1nc(Oc2c(Cl)cc(-c3nn(C)c(=O)[nH]c3=O)cc2Cl)c[nH]c1=O. The van der Waals surface area contributed by atoms with Crippen molar-refractivity contribution in [2.24, 2.45) is 7.05 Å². The van der Waals surface area contributed by atoms with E-state index in [1.54, 1.807) is 6.92 Å². The summed E-state index contributed by atoms with van der Waals surface area (Å²) >= 11 is 12.5. The quantitative estimate of drug-likeness (QED) is 0.545. The molecule has 1 aromatic carbocycles. The van der Waals surface area contributed by atoms with Crippen LogP contribution in [-0.4, -0.2) is 36.4 Å². The number of hydrogen-bond acceptors (Lipinski definition) is 7. The lowest BCUT2D eigenvalue weighted by Crippen LogP contribution is -2.31. The fourth-order valence-electron chi connectivity index (χ4n) is 2.44. The summed E-state index contributed by atoms with van der Waals surface area (Å²) in [6.07, 6.45) is 1.23. The van der Waals surface area contributed by atoms with Gasteiger partial charge in [-0.25, -0.2) is 14.5 Å². The molecule has 0 radical (unpaired) electrons. The van der Waals surface area contributed by atoms with Gasteiger partial charge in [-0.3, -0.25) is 14.6 Å². The van der Waals surface area contributed by atoms with E-state index >= 15 is 0 Å². The number of nitrogens with zero attached hydrogens (tertiary/aromatic N) is 3. The summed E-state index contributed by atoms with van der Waals surface area (Å²) in [5.74, 6) is -0.451. The maximum absolute atomic E-state index is 12.0. The second-order valence-electron chi connectivity index (χ2n) is 6.14. The van der Waals surface area contributed by atoms with Gasteiger partial charge >= 0.3 is 5.69 Å². The van der Waals surface area contributed by atoms with Crippen LogP contribution in [0.2, 0.25) is 10.0 Å². The van der Waals surface area contributed by atoms with Gasteiger partial charge in [-0.1, -0.05) is 30.1 Å². The number of halogens is 2. The van der Waals surface area contributed by atoms with E-state index in [1.165, 1.54) is 25.4 Å². The Morgan fingerprint density at radius 3 is 2.48 bits per heavy atom. The normalized spacial score (nSPS) is 12.0. The molecule has 0 amide bonds.